The molecule has 7 heteroatoms. The van der Waals surface area contributed by atoms with Gasteiger partial charge in [-0.1, -0.05) is 37.6 Å². The Labute approximate surface area is 170 Å². The minimum Gasteiger partial charge on any atom is -0.353 e. The number of rotatable bonds is 6. The molecule has 1 saturated heterocycles. The number of piperidine rings is 1. The van der Waals surface area contributed by atoms with Crippen LogP contribution in [0.3, 0.4) is 0 Å². The lowest BCUT2D eigenvalue weighted by Gasteiger charge is -2.32. The van der Waals surface area contributed by atoms with Gasteiger partial charge in [0, 0.05) is 42.1 Å². The highest BCUT2D eigenvalue weighted by atomic mass is 35.5. The van der Waals surface area contributed by atoms with Gasteiger partial charge in [-0.05, 0) is 43.4 Å². The zero-order valence-electron chi connectivity index (χ0n) is 16.1. The first-order chi connectivity index (χ1) is 12.9. The van der Waals surface area contributed by atoms with Gasteiger partial charge in [0.1, 0.15) is 5.82 Å². The summed E-state index contributed by atoms with van der Waals surface area (Å²) in [6, 6.07) is 7.97. The molecule has 27 heavy (non-hydrogen) atoms. The largest absolute Gasteiger partial charge is 0.353 e. The lowest BCUT2D eigenvalue weighted by Crippen LogP contribution is -2.46. The number of halogens is 1. The van der Waals surface area contributed by atoms with Gasteiger partial charge in [0.15, 0.2) is 0 Å². The molecule has 1 amide bonds. The highest BCUT2D eigenvalue weighted by molar-refractivity contribution is 7.09. The van der Waals surface area contributed by atoms with Crippen LogP contribution in [0.25, 0.3) is 0 Å². The minimum atomic E-state index is 0.0172. The second kappa shape index (κ2) is 9.02. The second-order valence-corrected chi connectivity index (χ2v) is 8.79. The zero-order valence-corrected chi connectivity index (χ0v) is 17.7. The van der Waals surface area contributed by atoms with Gasteiger partial charge in [-0.2, -0.15) is 4.37 Å². The van der Waals surface area contributed by atoms with Gasteiger partial charge >= 0.3 is 0 Å². The first-order valence-electron chi connectivity index (χ1n) is 9.54. The van der Waals surface area contributed by atoms with Crippen molar-refractivity contribution >= 4 is 34.2 Å². The van der Waals surface area contributed by atoms with Crippen LogP contribution < -0.4 is 10.2 Å². The Hall–Kier alpha value is -1.66. The maximum atomic E-state index is 12.6. The number of aromatic nitrogens is 2. The summed E-state index contributed by atoms with van der Waals surface area (Å²) in [4.78, 5) is 19.5. The van der Waals surface area contributed by atoms with Crippen molar-refractivity contribution in [3.8, 4) is 0 Å². The SMILES string of the molecule is CC(C)[C@@H](C)NC(=O)[C@H]1CCCN(c2nc(Cc3ccc(Cl)cc3)ns2)C1. The van der Waals surface area contributed by atoms with Gasteiger partial charge < -0.3 is 10.2 Å². The van der Waals surface area contributed by atoms with Crippen molar-refractivity contribution in [2.75, 3.05) is 18.0 Å². The van der Waals surface area contributed by atoms with E-state index >= 15 is 0 Å². The van der Waals surface area contributed by atoms with Crippen molar-refractivity contribution in [3.05, 3.63) is 40.7 Å². The van der Waals surface area contributed by atoms with Crippen molar-refractivity contribution in [3.63, 3.8) is 0 Å². The summed E-state index contributed by atoms with van der Waals surface area (Å²) < 4.78 is 4.51. The topological polar surface area (TPSA) is 58.1 Å². The van der Waals surface area contributed by atoms with E-state index in [0.717, 1.165) is 40.9 Å². The molecule has 0 aliphatic carbocycles. The highest BCUT2D eigenvalue weighted by Gasteiger charge is 2.28. The van der Waals surface area contributed by atoms with E-state index in [9.17, 15) is 4.79 Å². The molecule has 1 aliphatic heterocycles. The zero-order chi connectivity index (χ0) is 19.4. The summed E-state index contributed by atoms with van der Waals surface area (Å²) in [5, 5.41) is 4.80. The summed E-state index contributed by atoms with van der Waals surface area (Å²) in [5.41, 5.74) is 1.14. The maximum Gasteiger partial charge on any atom is 0.225 e. The number of nitrogens with zero attached hydrogens (tertiary/aromatic N) is 3. The average molecular weight is 407 g/mol. The van der Waals surface area contributed by atoms with Crippen LogP contribution >= 0.6 is 23.1 Å². The molecule has 0 saturated carbocycles. The van der Waals surface area contributed by atoms with Crippen molar-refractivity contribution in [1.82, 2.24) is 14.7 Å². The third-order valence-electron chi connectivity index (χ3n) is 5.17. The molecule has 0 radical (unpaired) electrons. The van der Waals surface area contributed by atoms with Crippen molar-refractivity contribution < 1.29 is 4.79 Å². The normalized spacial score (nSPS) is 18.6. The number of carbonyl (C=O) groups excluding carboxylic acids is 1. The van der Waals surface area contributed by atoms with Gasteiger partial charge in [-0.15, -0.1) is 0 Å². The molecule has 146 valence electrons. The van der Waals surface area contributed by atoms with E-state index in [1.54, 1.807) is 0 Å². The van der Waals surface area contributed by atoms with E-state index in [0.29, 0.717) is 18.9 Å². The minimum absolute atomic E-state index is 0.0172. The van der Waals surface area contributed by atoms with Crippen molar-refractivity contribution in [2.24, 2.45) is 11.8 Å². The quantitative estimate of drug-likeness (QED) is 0.782. The Balaban J connectivity index is 1.60. The Morgan fingerprint density at radius 3 is 2.78 bits per heavy atom. The van der Waals surface area contributed by atoms with E-state index in [1.165, 1.54) is 11.5 Å². The number of nitrogens with one attached hydrogen (secondary N) is 1. The van der Waals surface area contributed by atoms with E-state index < -0.39 is 0 Å². The van der Waals surface area contributed by atoms with Crippen LogP contribution in [0.2, 0.25) is 5.02 Å². The maximum absolute atomic E-state index is 12.6. The Kier molecular flexibility index (Phi) is 6.71. The summed E-state index contributed by atoms with van der Waals surface area (Å²) in [6.07, 6.45) is 2.63. The monoisotopic (exact) mass is 406 g/mol. The molecule has 0 unspecified atom stereocenters. The predicted octanol–water partition coefficient (Wildman–Crippen LogP) is 4.16. The third-order valence-corrected chi connectivity index (χ3v) is 6.23. The number of hydrogen-bond donors (Lipinski definition) is 1. The van der Waals surface area contributed by atoms with Crippen LogP contribution in [0.5, 0.6) is 0 Å². The van der Waals surface area contributed by atoms with E-state index in [1.807, 2.05) is 24.3 Å². The summed E-state index contributed by atoms with van der Waals surface area (Å²) in [7, 11) is 0. The second-order valence-electron chi connectivity index (χ2n) is 7.62. The Morgan fingerprint density at radius 2 is 2.07 bits per heavy atom. The molecule has 1 aromatic carbocycles. The molecule has 2 atom stereocenters. The summed E-state index contributed by atoms with van der Waals surface area (Å²) in [6.45, 7) is 7.96. The van der Waals surface area contributed by atoms with Crippen LogP contribution in [0, 0.1) is 11.8 Å². The molecule has 1 fully saturated rings. The summed E-state index contributed by atoms with van der Waals surface area (Å²) >= 11 is 7.36. The smallest absolute Gasteiger partial charge is 0.225 e. The van der Waals surface area contributed by atoms with Crippen LogP contribution in [0.1, 0.15) is 45.0 Å². The number of benzene rings is 1. The molecular weight excluding hydrogens is 380 g/mol. The molecule has 0 spiro atoms. The first kappa shape index (κ1) is 20.1. The third kappa shape index (κ3) is 5.42. The molecule has 2 aromatic rings. The van der Waals surface area contributed by atoms with Crippen LogP contribution in [0.15, 0.2) is 24.3 Å². The van der Waals surface area contributed by atoms with Gasteiger partial charge in [0.25, 0.3) is 0 Å². The average Bonchev–Trinajstić information content (AvgIpc) is 3.12. The first-order valence-corrected chi connectivity index (χ1v) is 10.7. The molecule has 5 nitrogen and oxygen atoms in total. The van der Waals surface area contributed by atoms with Gasteiger partial charge in [0.05, 0.1) is 5.92 Å². The van der Waals surface area contributed by atoms with Gasteiger partial charge in [0.2, 0.25) is 11.0 Å². The van der Waals surface area contributed by atoms with Crippen LogP contribution in [-0.4, -0.2) is 34.4 Å². The lowest BCUT2D eigenvalue weighted by atomic mass is 9.96. The van der Waals surface area contributed by atoms with E-state index in [-0.39, 0.29) is 17.9 Å². The predicted molar refractivity (Wildman–Crippen MR) is 112 cm³/mol. The number of hydrogen-bond acceptors (Lipinski definition) is 5. The number of amides is 1. The molecular formula is C20H27ClN4OS. The highest BCUT2D eigenvalue weighted by Crippen LogP contribution is 2.26. The van der Waals surface area contributed by atoms with Gasteiger partial charge in [-0.25, -0.2) is 4.98 Å². The molecule has 3 rings (SSSR count). The molecule has 1 aromatic heterocycles. The summed E-state index contributed by atoms with van der Waals surface area (Å²) in [5.74, 6) is 1.43. The fourth-order valence-electron chi connectivity index (χ4n) is 3.10. The van der Waals surface area contributed by atoms with E-state index in [2.05, 4.69) is 35.4 Å². The Morgan fingerprint density at radius 1 is 1.33 bits per heavy atom. The standard InChI is InChI=1S/C20H27ClN4OS/c1-13(2)14(3)22-19(26)16-5-4-10-25(12-16)20-23-18(24-27-20)11-15-6-8-17(21)9-7-15/h6-9,13-14,16H,4-5,10-12H2,1-3H3,(H,22,26)/t14-,16+/m1/s1. The molecule has 1 aliphatic rings. The van der Waals surface area contributed by atoms with Crippen molar-refractivity contribution in [1.29, 1.82) is 0 Å². The van der Waals surface area contributed by atoms with Crippen LogP contribution in [-0.2, 0) is 11.2 Å². The molecule has 1 N–H and O–H groups in total. The van der Waals surface area contributed by atoms with Gasteiger partial charge in [-0.3, -0.25) is 4.79 Å². The Bertz CT molecular complexity index is 762. The molecule has 2 heterocycles. The van der Waals surface area contributed by atoms with Crippen molar-refractivity contribution in [2.45, 2.75) is 46.1 Å². The van der Waals surface area contributed by atoms with Crippen LogP contribution in [0.4, 0.5) is 5.13 Å². The fourth-order valence-corrected chi connectivity index (χ4v) is 3.95. The van der Waals surface area contributed by atoms with E-state index in [4.69, 9.17) is 16.6 Å². The fraction of sp³-hybridized carbons (Fsp3) is 0.550. The number of anilines is 1. The molecule has 0 bridgehead atoms. The lowest BCUT2D eigenvalue weighted by molar-refractivity contribution is -0.126. The number of carbonyl (C=O) groups is 1.